The third kappa shape index (κ3) is 4.34. The second-order valence-corrected chi connectivity index (χ2v) is 7.55. The fraction of sp³-hybridized carbons (Fsp3) is 0.261. The van der Waals surface area contributed by atoms with Crippen molar-refractivity contribution < 1.29 is 14.6 Å². The molecule has 4 N–H and O–H groups in total. The number of carbonyl (C=O) groups is 1. The molecule has 1 amide bonds. The average Bonchev–Trinajstić information content (AvgIpc) is 2.82. The van der Waals surface area contributed by atoms with E-state index in [0.29, 0.717) is 54.6 Å². The van der Waals surface area contributed by atoms with Gasteiger partial charge in [-0.1, -0.05) is 12.1 Å². The zero-order valence-electron chi connectivity index (χ0n) is 17.7. The molecule has 2 aromatic heterocycles. The van der Waals surface area contributed by atoms with E-state index in [-0.39, 0.29) is 18.1 Å². The number of hydrogen-bond donors (Lipinski definition) is 3. The van der Waals surface area contributed by atoms with Gasteiger partial charge in [0.2, 0.25) is 0 Å². The molecule has 9 heteroatoms. The molecule has 1 saturated heterocycles. The zero-order chi connectivity index (χ0) is 22.7. The van der Waals surface area contributed by atoms with Crippen LogP contribution in [0.25, 0.3) is 11.1 Å². The van der Waals surface area contributed by atoms with Crippen molar-refractivity contribution in [2.45, 2.75) is 6.61 Å². The standard InChI is InChI=1S/C23H25N5O4/c1-27-13-16(17-3-2-4-19(24)18(17)14-29)11-20(23(27)31)26-21-6-5-15(12-25-21)22(30)28-7-9-32-10-8-28/h2-6,11-13,29H,7-10,14,24H2,1H3,(H,25,26). The molecule has 0 aliphatic carbocycles. The summed E-state index contributed by atoms with van der Waals surface area (Å²) in [5, 5.41) is 12.8. The summed E-state index contributed by atoms with van der Waals surface area (Å²) < 4.78 is 6.74. The maximum Gasteiger partial charge on any atom is 0.274 e. The minimum atomic E-state index is -0.238. The van der Waals surface area contributed by atoms with Crippen LogP contribution in [0.3, 0.4) is 0 Å². The van der Waals surface area contributed by atoms with Crippen molar-refractivity contribution in [1.29, 1.82) is 0 Å². The number of hydrogen-bond acceptors (Lipinski definition) is 7. The summed E-state index contributed by atoms with van der Waals surface area (Å²) in [4.78, 5) is 31.3. The Morgan fingerprint density at radius 1 is 1.25 bits per heavy atom. The van der Waals surface area contributed by atoms with Gasteiger partial charge in [-0.15, -0.1) is 0 Å². The molecule has 0 bridgehead atoms. The summed E-state index contributed by atoms with van der Waals surface area (Å²) in [6.45, 7) is 1.96. The molecule has 4 rings (SSSR count). The Kier molecular flexibility index (Phi) is 6.20. The van der Waals surface area contributed by atoms with Crippen LogP contribution in [0.5, 0.6) is 0 Å². The molecule has 0 spiro atoms. The lowest BCUT2D eigenvalue weighted by atomic mass is 9.99. The van der Waals surface area contributed by atoms with Crippen LogP contribution >= 0.6 is 0 Å². The number of anilines is 3. The van der Waals surface area contributed by atoms with Gasteiger partial charge in [-0.05, 0) is 29.8 Å². The highest BCUT2D eigenvalue weighted by molar-refractivity contribution is 5.94. The van der Waals surface area contributed by atoms with Gasteiger partial charge >= 0.3 is 0 Å². The van der Waals surface area contributed by atoms with Crippen molar-refractivity contribution in [1.82, 2.24) is 14.5 Å². The number of nitrogen functional groups attached to an aromatic ring is 1. The van der Waals surface area contributed by atoms with Gasteiger partial charge in [0, 0.05) is 49.3 Å². The monoisotopic (exact) mass is 435 g/mol. The van der Waals surface area contributed by atoms with E-state index in [9.17, 15) is 14.7 Å². The quantitative estimate of drug-likeness (QED) is 0.522. The van der Waals surface area contributed by atoms with Crippen molar-refractivity contribution in [3.05, 3.63) is 70.3 Å². The average molecular weight is 435 g/mol. The number of nitrogens with two attached hydrogens (primary N) is 1. The predicted molar refractivity (Wildman–Crippen MR) is 122 cm³/mol. The Morgan fingerprint density at radius 2 is 2.03 bits per heavy atom. The van der Waals surface area contributed by atoms with Crippen LogP contribution in [0.1, 0.15) is 15.9 Å². The molecule has 166 valence electrons. The highest BCUT2D eigenvalue weighted by Gasteiger charge is 2.19. The number of rotatable bonds is 5. The predicted octanol–water partition coefficient (Wildman–Crippen LogP) is 1.74. The SMILES string of the molecule is Cn1cc(-c2cccc(N)c2CO)cc(Nc2ccc(C(=O)N3CCOCC3)cn2)c1=O. The normalized spacial score (nSPS) is 13.8. The molecule has 1 aliphatic heterocycles. The molecule has 3 heterocycles. The fourth-order valence-electron chi connectivity index (χ4n) is 3.68. The molecular formula is C23H25N5O4. The zero-order valence-corrected chi connectivity index (χ0v) is 17.7. The first-order valence-corrected chi connectivity index (χ1v) is 10.3. The van der Waals surface area contributed by atoms with Crippen molar-refractivity contribution in [3.8, 4) is 11.1 Å². The topological polar surface area (TPSA) is 123 Å². The van der Waals surface area contributed by atoms with Crippen LogP contribution < -0.4 is 16.6 Å². The number of amides is 1. The van der Waals surface area contributed by atoms with E-state index in [1.54, 1.807) is 48.5 Å². The van der Waals surface area contributed by atoms with Crippen molar-refractivity contribution in [2.24, 2.45) is 7.05 Å². The van der Waals surface area contributed by atoms with E-state index < -0.39 is 0 Å². The smallest absolute Gasteiger partial charge is 0.274 e. The largest absolute Gasteiger partial charge is 0.398 e. The molecule has 9 nitrogen and oxygen atoms in total. The molecule has 0 saturated carbocycles. The molecule has 0 unspecified atom stereocenters. The van der Waals surface area contributed by atoms with Crippen molar-refractivity contribution >= 4 is 23.1 Å². The Hall–Kier alpha value is -3.69. The summed E-state index contributed by atoms with van der Waals surface area (Å²) in [6, 6.07) is 10.4. The number of morpholine rings is 1. The van der Waals surface area contributed by atoms with Gasteiger partial charge in [0.15, 0.2) is 0 Å². The number of aromatic nitrogens is 2. The molecule has 1 fully saturated rings. The highest BCUT2D eigenvalue weighted by atomic mass is 16.5. The highest BCUT2D eigenvalue weighted by Crippen LogP contribution is 2.29. The van der Waals surface area contributed by atoms with Crippen LogP contribution in [0.15, 0.2) is 53.6 Å². The maximum absolute atomic E-state index is 12.7. The number of nitrogens with one attached hydrogen (secondary N) is 1. The van der Waals surface area contributed by atoms with E-state index in [4.69, 9.17) is 10.5 Å². The van der Waals surface area contributed by atoms with Crippen LogP contribution in [0, 0.1) is 0 Å². The van der Waals surface area contributed by atoms with Gasteiger partial charge in [0.1, 0.15) is 11.5 Å². The van der Waals surface area contributed by atoms with Crippen LogP contribution in [0.2, 0.25) is 0 Å². The van der Waals surface area contributed by atoms with Crippen LogP contribution in [-0.4, -0.2) is 51.8 Å². The molecule has 1 aliphatic rings. The van der Waals surface area contributed by atoms with Gasteiger partial charge in [-0.2, -0.15) is 0 Å². The molecule has 32 heavy (non-hydrogen) atoms. The molecule has 3 aromatic rings. The number of benzene rings is 1. The number of nitrogens with zero attached hydrogens (tertiary/aromatic N) is 3. The van der Waals surface area contributed by atoms with E-state index in [1.807, 2.05) is 6.07 Å². The van der Waals surface area contributed by atoms with E-state index in [1.165, 1.54) is 10.8 Å². The second kappa shape index (κ2) is 9.21. The number of ether oxygens (including phenoxy) is 1. The Bertz CT molecular complexity index is 1180. The first-order chi connectivity index (χ1) is 15.5. The summed E-state index contributed by atoms with van der Waals surface area (Å²) in [7, 11) is 1.65. The summed E-state index contributed by atoms with van der Waals surface area (Å²) >= 11 is 0. The minimum Gasteiger partial charge on any atom is -0.398 e. The van der Waals surface area contributed by atoms with E-state index >= 15 is 0 Å². The number of aliphatic hydroxyl groups excluding tert-OH is 1. The Morgan fingerprint density at radius 3 is 2.72 bits per heavy atom. The van der Waals surface area contributed by atoms with Crippen LogP contribution in [-0.2, 0) is 18.4 Å². The van der Waals surface area contributed by atoms with Gasteiger partial charge in [-0.3, -0.25) is 9.59 Å². The van der Waals surface area contributed by atoms with Gasteiger partial charge in [0.25, 0.3) is 11.5 Å². The molecule has 0 atom stereocenters. The molecule has 1 aromatic carbocycles. The maximum atomic E-state index is 12.7. The Labute approximate surface area is 185 Å². The van der Waals surface area contributed by atoms with Crippen LogP contribution in [0.4, 0.5) is 17.2 Å². The van der Waals surface area contributed by atoms with Crippen molar-refractivity contribution in [2.75, 3.05) is 37.4 Å². The van der Waals surface area contributed by atoms with Crippen molar-refractivity contribution in [3.63, 3.8) is 0 Å². The van der Waals surface area contributed by atoms with E-state index in [0.717, 1.165) is 11.1 Å². The van der Waals surface area contributed by atoms with Gasteiger partial charge in [0.05, 0.1) is 25.4 Å². The third-order valence-corrected chi connectivity index (χ3v) is 5.44. The Balaban J connectivity index is 1.60. The number of aryl methyl sites for hydroxylation is 1. The van der Waals surface area contributed by atoms with E-state index in [2.05, 4.69) is 10.3 Å². The summed E-state index contributed by atoms with van der Waals surface area (Å²) in [5.41, 5.74) is 9.10. The fourth-order valence-corrected chi connectivity index (χ4v) is 3.68. The number of aliphatic hydroxyl groups is 1. The third-order valence-electron chi connectivity index (χ3n) is 5.44. The minimum absolute atomic E-state index is 0.0940. The van der Waals surface area contributed by atoms with Gasteiger partial charge in [-0.25, -0.2) is 4.98 Å². The summed E-state index contributed by atoms with van der Waals surface area (Å²) in [5.74, 6) is 0.344. The molecular weight excluding hydrogens is 410 g/mol. The lowest BCUT2D eigenvalue weighted by molar-refractivity contribution is 0.0302. The first kappa shape index (κ1) is 21.5. The van der Waals surface area contributed by atoms with Gasteiger partial charge < -0.3 is 30.4 Å². The number of pyridine rings is 2. The molecule has 0 radical (unpaired) electrons. The lowest BCUT2D eigenvalue weighted by Gasteiger charge is -2.26. The first-order valence-electron chi connectivity index (χ1n) is 10.3. The second-order valence-electron chi connectivity index (χ2n) is 7.55. The lowest BCUT2D eigenvalue weighted by Crippen LogP contribution is -2.40. The summed E-state index contributed by atoms with van der Waals surface area (Å²) in [6.07, 6.45) is 3.19. The number of carbonyl (C=O) groups excluding carboxylic acids is 1.